The summed E-state index contributed by atoms with van der Waals surface area (Å²) in [5.74, 6) is -0.343. The molecule has 0 atom stereocenters. The highest BCUT2D eigenvalue weighted by atomic mass is 35.5. The van der Waals surface area contributed by atoms with Gasteiger partial charge >= 0.3 is 0 Å². The SMILES string of the molecule is Cc1ccc(C2=C(Cl)C(=O)N(Cc3ccco3)C2=O)c(C)c1. The van der Waals surface area contributed by atoms with Crippen molar-refractivity contribution >= 4 is 29.0 Å². The minimum absolute atomic E-state index is 0.0384. The van der Waals surface area contributed by atoms with E-state index in [4.69, 9.17) is 16.0 Å². The summed E-state index contributed by atoms with van der Waals surface area (Å²) in [5, 5.41) is -0.0384. The van der Waals surface area contributed by atoms with E-state index in [0.717, 1.165) is 16.0 Å². The minimum Gasteiger partial charge on any atom is -0.467 e. The van der Waals surface area contributed by atoms with Crippen LogP contribution in [-0.4, -0.2) is 16.7 Å². The molecular formula is C17H14ClNO3. The lowest BCUT2D eigenvalue weighted by Gasteiger charge is -2.13. The second kappa shape index (κ2) is 5.46. The van der Waals surface area contributed by atoms with Gasteiger partial charge < -0.3 is 4.42 Å². The Kier molecular flexibility index (Phi) is 3.62. The number of benzene rings is 1. The molecule has 1 aromatic carbocycles. The first kappa shape index (κ1) is 14.6. The van der Waals surface area contributed by atoms with Gasteiger partial charge in [0.25, 0.3) is 11.8 Å². The highest BCUT2D eigenvalue weighted by Crippen LogP contribution is 2.34. The smallest absolute Gasteiger partial charge is 0.273 e. The number of amides is 2. The first-order valence-corrected chi connectivity index (χ1v) is 7.23. The molecule has 4 nitrogen and oxygen atoms in total. The number of hydrogen-bond donors (Lipinski definition) is 0. The summed E-state index contributed by atoms with van der Waals surface area (Å²) in [7, 11) is 0. The van der Waals surface area contributed by atoms with E-state index in [0.29, 0.717) is 11.3 Å². The Hall–Kier alpha value is -2.33. The van der Waals surface area contributed by atoms with Crippen molar-refractivity contribution in [3.63, 3.8) is 0 Å². The molecule has 3 rings (SSSR count). The number of imide groups is 1. The van der Waals surface area contributed by atoms with Crippen molar-refractivity contribution in [2.75, 3.05) is 0 Å². The Morgan fingerprint density at radius 3 is 2.55 bits per heavy atom. The number of rotatable bonds is 3. The third-order valence-corrected chi connectivity index (χ3v) is 4.01. The van der Waals surface area contributed by atoms with Crippen LogP contribution in [0.1, 0.15) is 22.5 Å². The molecule has 0 spiro atoms. The molecule has 2 amide bonds. The van der Waals surface area contributed by atoms with Crippen LogP contribution in [0, 0.1) is 13.8 Å². The molecule has 1 aromatic heterocycles. The second-order valence-electron chi connectivity index (χ2n) is 5.28. The molecular weight excluding hydrogens is 302 g/mol. The van der Waals surface area contributed by atoms with Crippen molar-refractivity contribution in [1.82, 2.24) is 4.90 Å². The van der Waals surface area contributed by atoms with E-state index in [9.17, 15) is 9.59 Å². The van der Waals surface area contributed by atoms with Crippen molar-refractivity contribution in [1.29, 1.82) is 0 Å². The van der Waals surface area contributed by atoms with Gasteiger partial charge in [0, 0.05) is 0 Å². The molecule has 112 valence electrons. The van der Waals surface area contributed by atoms with Crippen LogP contribution in [0.25, 0.3) is 5.57 Å². The fourth-order valence-corrected chi connectivity index (χ4v) is 2.86. The van der Waals surface area contributed by atoms with E-state index in [2.05, 4.69) is 0 Å². The summed E-state index contributed by atoms with van der Waals surface area (Å²) in [6.45, 7) is 3.94. The van der Waals surface area contributed by atoms with Gasteiger partial charge in [-0.15, -0.1) is 0 Å². The number of nitrogens with zero attached hydrogens (tertiary/aromatic N) is 1. The van der Waals surface area contributed by atoms with Gasteiger partial charge in [-0.3, -0.25) is 14.5 Å². The fourth-order valence-electron chi connectivity index (χ4n) is 2.58. The maximum atomic E-state index is 12.6. The van der Waals surface area contributed by atoms with E-state index in [-0.39, 0.29) is 17.2 Å². The molecule has 0 saturated carbocycles. The molecule has 0 radical (unpaired) electrons. The zero-order chi connectivity index (χ0) is 15.9. The molecule has 1 aliphatic rings. The van der Waals surface area contributed by atoms with E-state index in [1.165, 1.54) is 6.26 Å². The van der Waals surface area contributed by atoms with Gasteiger partial charge in [-0.25, -0.2) is 0 Å². The molecule has 1 aliphatic heterocycles. The topological polar surface area (TPSA) is 50.5 Å². The second-order valence-corrected chi connectivity index (χ2v) is 5.66. The summed E-state index contributed by atoms with van der Waals surface area (Å²) in [4.78, 5) is 26.0. The van der Waals surface area contributed by atoms with Crippen molar-refractivity contribution in [2.45, 2.75) is 20.4 Å². The van der Waals surface area contributed by atoms with Gasteiger partial charge in [-0.05, 0) is 37.1 Å². The lowest BCUT2D eigenvalue weighted by atomic mass is 9.99. The zero-order valence-corrected chi connectivity index (χ0v) is 13.0. The lowest BCUT2D eigenvalue weighted by Crippen LogP contribution is -2.30. The highest BCUT2D eigenvalue weighted by Gasteiger charge is 2.38. The predicted octanol–water partition coefficient (Wildman–Crippen LogP) is 3.42. The monoisotopic (exact) mass is 315 g/mol. The number of hydrogen-bond acceptors (Lipinski definition) is 3. The lowest BCUT2D eigenvalue weighted by molar-refractivity contribution is -0.137. The average Bonchev–Trinajstić information content (AvgIpc) is 3.05. The molecule has 5 heteroatoms. The van der Waals surface area contributed by atoms with Crippen LogP contribution in [0.15, 0.2) is 46.0 Å². The number of carbonyl (C=O) groups is 2. The first-order valence-electron chi connectivity index (χ1n) is 6.85. The van der Waals surface area contributed by atoms with Crippen molar-refractivity contribution in [3.05, 3.63) is 64.1 Å². The molecule has 0 aliphatic carbocycles. The van der Waals surface area contributed by atoms with Crippen molar-refractivity contribution < 1.29 is 14.0 Å². The standard InChI is InChI=1S/C17H14ClNO3/c1-10-5-6-13(11(2)8-10)14-15(18)17(21)19(16(14)20)9-12-4-3-7-22-12/h3-8H,9H2,1-2H3. The quantitative estimate of drug-likeness (QED) is 0.816. The highest BCUT2D eigenvalue weighted by molar-refractivity contribution is 6.55. The Bertz CT molecular complexity index is 790. The summed E-state index contributed by atoms with van der Waals surface area (Å²) in [6.07, 6.45) is 1.50. The van der Waals surface area contributed by atoms with E-state index >= 15 is 0 Å². The number of halogens is 1. The van der Waals surface area contributed by atoms with Crippen LogP contribution in [0.4, 0.5) is 0 Å². The van der Waals surface area contributed by atoms with E-state index in [1.54, 1.807) is 12.1 Å². The Balaban J connectivity index is 1.98. The predicted molar refractivity (Wildman–Crippen MR) is 83.0 cm³/mol. The number of aryl methyl sites for hydroxylation is 2. The normalized spacial score (nSPS) is 15.1. The van der Waals surface area contributed by atoms with Gasteiger partial charge in [0.2, 0.25) is 0 Å². The molecule has 0 fully saturated rings. The van der Waals surface area contributed by atoms with Crippen molar-refractivity contribution in [3.8, 4) is 0 Å². The third-order valence-electron chi connectivity index (χ3n) is 3.66. The van der Waals surface area contributed by atoms with Gasteiger partial charge in [0.1, 0.15) is 10.8 Å². The van der Waals surface area contributed by atoms with Gasteiger partial charge in [0.15, 0.2) is 0 Å². The first-order chi connectivity index (χ1) is 10.5. The van der Waals surface area contributed by atoms with E-state index in [1.807, 2.05) is 32.0 Å². The van der Waals surface area contributed by atoms with Crippen LogP contribution >= 0.6 is 11.6 Å². The average molecular weight is 316 g/mol. The van der Waals surface area contributed by atoms with Gasteiger partial charge in [-0.1, -0.05) is 35.4 Å². The van der Waals surface area contributed by atoms with Crippen LogP contribution < -0.4 is 0 Å². The fraction of sp³-hybridized carbons (Fsp3) is 0.176. The molecule has 2 aromatic rings. The Labute approximate surface area is 133 Å². The maximum Gasteiger partial charge on any atom is 0.273 e. The summed E-state index contributed by atoms with van der Waals surface area (Å²) in [5.41, 5.74) is 2.95. The van der Waals surface area contributed by atoms with Gasteiger partial charge in [-0.2, -0.15) is 0 Å². The minimum atomic E-state index is -0.488. The molecule has 0 unspecified atom stereocenters. The van der Waals surface area contributed by atoms with E-state index < -0.39 is 11.8 Å². The van der Waals surface area contributed by atoms with Crippen molar-refractivity contribution in [2.24, 2.45) is 0 Å². The molecule has 22 heavy (non-hydrogen) atoms. The third kappa shape index (κ3) is 2.35. The van der Waals surface area contributed by atoms with Gasteiger partial charge in [0.05, 0.1) is 18.4 Å². The Morgan fingerprint density at radius 2 is 1.91 bits per heavy atom. The molecule has 0 N–H and O–H groups in total. The number of carbonyl (C=O) groups excluding carboxylic acids is 2. The molecule has 0 saturated heterocycles. The Morgan fingerprint density at radius 1 is 1.14 bits per heavy atom. The van der Waals surface area contributed by atoms with Crippen LogP contribution in [0.2, 0.25) is 0 Å². The van der Waals surface area contributed by atoms with Crippen LogP contribution in [0.5, 0.6) is 0 Å². The summed E-state index contributed by atoms with van der Waals surface area (Å²) >= 11 is 6.14. The molecule has 0 bridgehead atoms. The largest absolute Gasteiger partial charge is 0.467 e. The summed E-state index contributed by atoms with van der Waals surface area (Å²) < 4.78 is 5.20. The zero-order valence-electron chi connectivity index (χ0n) is 12.2. The number of furan rings is 1. The maximum absolute atomic E-state index is 12.6. The molecule has 2 heterocycles. The van der Waals surface area contributed by atoms with Crippen LogP contribution in [0.3, 0.4) is 0 Å². The van der Waals surface area contributed by atoms with Crippen LogP contribution in [-0.2, 0) is 16.1 Å². The summed E-state index contributed by atoms with van der Waals surface area (Å²) in [6, 6.07) is 9.10.